The second-order valence-electron chi connectivity index (χ2n) is 12.9. The quantitative estimate of drug-likeness (QED) is 0.0646. The van der Waals surface area contributed by atoms with Crippen molar-refractivity contribution in [3.63, 3.8) is 0 Å². The second-order valence-corrected chi connectivity index (χ2v) is 14.6. The third-order valence-corrected chi connectivity index (χ3v) is 9.59. The average Bonchev–Trinajstić information content (AvgIpc) is 3.77. The van der Waals surface area contributed by atoms with E-state index in [2.05, 4.69) is 30.2 Å². The molecule has 0 spiro atoms. The molecule has 0 aliphatic rings. The molecule has 13 nitrogen and oxygen atoms in total. The van der Waals surface area contributed by atoms with Crippen molar-refractivity contribution in [3.05, 3.63) is 210 Å². The lowest BCUT2D eigenvalue weighted by molar-refractivity contribution is 0.111. The predicted molar refractivity (Wildman–Crippen MR) is 228 cm³/mol. The average molecular weight is 820 g/mol. The van der Waals surface area contributed by atoms with Crippen molar-refractivity contribution < 1.29 is 27.4 Å². The van der Waals surface area contributed by atoms with E-state index in [1.165, 1.54) is 18.3 Å². The van der Waals surface area contributed by atoms with Crippen molar-refractivity contribution in [2.45, 2.75) is 31.6 Å². The van der Waals surface area contributed by atoms with Gasteiger partial charge in [-0.3, -0.25) is 9.78 Å². The van der Waals surface area contributed by atoms with E-state index in [1.807, 2.05) is 116 Å². The van der Waals surface area contributed by atoms with Crippen molar-refractivity contribution >= 4 is 28.0 Å². The van der Waals surface area contributed by atoms with Gasteiger partial charge >= 0.3 is 0 Å². The van der Waals surface area contributed by atoms with Crippen molar-refractivity contribution in [1.29, 1.82) is 0 Å². The minimum absolute atomic E-state index is 0.155. The van der Waals surface area contributed by atoms with Crippen molar-refractivity contribution in [1.82, 2.24) is 29.6 Å². The molecule has 8 aromatic rings. The summed E-state index contributed by atoms with van der Waals surface area (Å²) in [5, 5.41) is 11.5. The highest BCUT2D eigenvalue weighted by atomic mass is 32.2. The largest absolute Gasteiger partial charge is 0.487 e. The number of aromatic nitrogens is 5. The van der Waals surface area contributed by atoms with Gasteiger partial charge in [-0.25, -0.2) is 14.3 Å². The Morgan fingerprint density at radius 2 is 1.10 bits per heavy atom. The van der Waals surface area contributed by atoms with Gasteiger partial charge in [0.25, 0.3) is 10.0 Å². The smallest absolute Gasteiger partial charge is 0.276 e. The Morgan fingerprint density at radius 3 is 1.60 bits per heavy atom. The fraction of sp³-hybridized carbons (Fsp3) is 0.0870. The lowest BCUT2D eigenvalue weighted by Crippen LogP contribution is -2.18. The van der Waals surface area contributed by atoms with E-state index in [0.717, 1.165) is 33.5 Å². The third kappa shape index (κ3) is 13.5. The Morgan fingerprint density at radius 1 is 0.600 bits per heavy atom. The first-order valence-corrected chi connectivity index (χ1v) is 20.1. The van der Waals surface area contributed by atoms with E-state index in [-0.39, 0.29) is 4.90 Å². The van der Waals surface area contributed by atoms with Crippen LogP contribution in [0.15, 0.2) is 186 Å². The number of hydrogen-bond donors (Lipinski definition) is 1. The lowest BCUT2D eigenvalue weighted by atomic mass is 10.2. The number of nitrogens with one attached hydrogen (secondary N) is 1. The number of hydrogen-bond acceptors (Lipinski definition) is 11. The maximum Gasteiger partial charge on any atom is 0.276 e. The molecule has 60 heavy (non-hydrogen) atoms. The molecule has 0 atom stereocenters. The molecule has 8 rings (SSSR count). The van der Waals surface area contributed by atoms with E-state index in [9.17, 15) is 13.2 Å². The molecule has 4 aromatic heterocycles. The van der Waals surface area contributed by atoms with E-state index in [4.69, 9.17) is 14.2 Å². The number of rotatable bonds is 14. The van der Waals surface area contributed by atoms with Crippen LogP contribution in [0.2, 0.25) is 0 Å². The fourth-order valence-corrected chi connectivity index (χ4v) is 5.93. The van der Waals surface area contributed by atoms with E-state index in [1.54, 1.807) is 59.5 Å². The minimum atomic E-state index is -3.69. The predicted octanol–water partition coefficient (Wildman–Crippen LogP) is 8.06. The molecular weight excluding hydrogens is 779 g/mol. The molecule has 14 heteroatoms. The second kappa shape index (κ2) is 21.7. The van der Waals surface area contributed by atoms with Gasteiger partial charge in [-0.15, -0.1) is 5.10 Å². The van der Waals surface area contributed by atoms with Crippen LogP contribution in [0.1, 0.15) is 38.4 Å². The molecule has 0 amide bonds. The number of pyridine rings is 3. The van der Waals surface area contributed by atoms with Crippen LogP contribution in [0, 0.1) is 6.92 Å². The Bertz CT molecular complexity index is 2650. The Balaban J connectivity index is 0.000000159. The number of nitrogens with zero attached hydrogens (tertiary/aromatic N) is 6. The first-order chi connectivity index (χ1) is 29.3. The van der Waals surface area contributed by atoms with Crippen LogP contribution in [-0.2, 0) is 29.8 Å². The molecule has 302 valence electrons. The van der Waals surface area contributed by atoms with Crippen LogP contribution in [0.5, 0.6) is 17.2 Å². The van der Waals surface area contributed by atoms with Gasteiger partial charge in [-0.1, -0.05) is 114 Å². The Kier molecular flexibility index (Phi) is 15.2. The summed E-state index contributed by atoms with van der Waals surface area (Å²) in [5.74, 6) is 2.07. The van der Waals surface area contributed by atoms with Gasteiger partial charge in [0.05, 0.1) is 47.1 Å². The summed E-state index contributed by atoms with van der Waals surface area (Å²) in [7, 11) is -3.69. The van der Waals surface area contributed by atoms with Crippen molar-refractivity contribution in [3.8, 4) is 17.2 Å². The van der Waals surface area contributed by atoms with Crippen LogP contribution in [0.4, 0.5) is 0 Å². The number of benzene rings is 4. The molecule has 0 aliphatic heterocycles. The third-order valence-electron chi connectivity index (χ3n) is 8.36. The maximum atomic E-state index is 12.1. The summed E-state index contributed by atoms with van der Waals surface area (Å²) in [5.41, 5.74) is 6.16. The SMILES string of the molecule is Cc1ccc(S(=O)(=O)N/N=C/c2ccc(OCc3ccccc3)cn2)cc1.O=Cc1ccc(OCc2ccccc2)cn1.c1ccc(COc2ccc3cnnn3c2)cc1. The summed E-state index contributed by atoms with van der Waals surface area (Å²) in [6, 6.07) is 47.0. The van der Waals surface area contributed by atoms with E-state index >= 15 is 0 Å². The highest BCUT2D eigenvalue weighted by Gasteiger charge is 2.11. The molecule has 0 fully saturated rings. The molecule has 1 N–H and O–H groups in total. The zero-order chi connectivity index (χ0) is 41.8. The normalized spacial score (nSPS) is 10.8. The number of carbonyl (C=O) groups is 1. The number of hydrazone groups is 1. The van der Waals surface area contributed by atoms with Gasteiger partial charge in [0.1, 0.15) is 42.8 Å². The molecule has 0 saturated heterocycles. The number of aldehydes is 1. The molecular formula is C46H41N7O6S. The molecule has 0 saturated carbocycles. The lowest BCUT2D eigenvalue weighted by Gasteiger charge is -2.06. The van der Waals surface area contributed by atoms with E-state index in [0.29, 0.717) is 49.0 Å². The molecule has 0 unspecified atom stereocenters. The topological polar surface area (TPSA) is 159 Å². The Hall–Kier alpha value is -7.71. The highest BCUT2D eigenvalue weighted by Crippen LogP contribution is 2.15. The van der Waals surface area contributed by atoms with Crippen molar-refractivity contribution in [2.24, 2.45) is 5.10 Å². The Labute approximate surface area is 348 Å². The highest BCUT2D eigenvalue weighted by molar-refractivity contribution is 7.89. The van der Waals surface area contributed by atoms with Crippen LogP contribution >= 0.6 is 0 Å². The van der Waals surface area contributed by atoms with Gasteiger partial charge < -0.3 is 14.2 Å². The van der Waals surface area contributed by atoms with Gasteiger partial charge in [0.2, 0.25) is 0 Å². The van der Waals surface area contributed by atoms with Crippen LogP contribution in [0.25, 0.3) is 5.52 Å². The fourth-order valence-electron chi connectivity index (χ4n) is 5.14. The van der Waals surface area contributed by atoms with Gasteiger partial charge in [0.15, 0.2) is 6.29 Å². The summed E-state index contributed by atoms with van der Waals surface area (Å²) in [6.45, 7) is 3.40. The minimum Gasteiger partial charge on any atom is -0.487 e. The molecule has 4 aromatic carbocycles. The number of ether oxygens (including phenoxy) is 3. The zero-order valence-corrected chi connectivity index (χ0v) is 33.4. The summed E-state index contributed by atoms with van der Waals surface area (Å²) < 4.78 is 42.8. The van der Waals surface area contributed by atoms with Gasteiger partial charge in [-0.2, -0.15) is 13.5 Å². The maximum absolute atomic E-state index is 12.1. The van der Waals surface area contributed by atoms with Crippen LogP contribution in [-0.4, -0.2) is 45.7 Å². The summed E-state index contributed by atoms with van der Waals surface area (Å²) in [6.07, 6.45) is 8.70. The molecule has 0 bridgehead atoms. The molecule has 0 radical (unpaired) electrons. The van der Waals surface area contributed by atoms with E-state index < -0.39 is 10.0 Å². The number of fused-ring (bicyclic) bond motifs is 1. The number of sulfonamides is 1. The monoisotopic (exact) mass is 819 g/mol. The first-order valence-electron chi connectivity index (χ1n) is 18.6. The van der Waals surface area contributed by atoms with Crippen molar-refractivity contribution in [2.75, 3.05) is 0 Å². The molecule has 4 heterocycles. The standard InChI is InChI=1S/C20H19N3O3S.C13H11N3O.C13H11NO2/c1-16-7-11-20(12-8-16)27(24,25)23-22-13-18-9-10-19(14-21-18)26-15-17-5-3-2-4-6-17;1-2-4-11(5-3-1)10-17-13-7-6-12-8-14-15-16(12)9-13;15-9-12-6-7-13(8-14-12)16-10-11-4-2-1-3-5-11/h2-14,23H,15H2,1H3;1-9H,10H2;1-9H,10H2/b22-13+;;. The number of carbonyl (C=O) groups excluding carboxylic acids is 1. The van der Waals surface area contributed by atoms with Crippen LogP contribution < -0.4 is 19.0 Å². The first kappa shape index (κ1) is 41.9. The van der Waals surface area contributed by atoms with Crippen LogP contribution in [0.3, 0.4) is 0 Å². The summed E-state index contributed by atoms with van der Waals surface area (Å²) in [4.78, 5) is 20.8. The molecule has 0 aliphatic carbocycles. The number of aryl methyl sites for hydroxylation is 1. The zero-order valence-electron chi connectivity index (χ0n) is 32.6. The van der Waals surface area contributed by atoms with Gasteiger partial charge in [0, 0.05) is 0 Å². The van der Waals surface area contributed by atoms with Gasteiger partial charge in [-0.05, 0) is 72.1 Å². The summed E-state index contributed by atoms with van der Waals surface area (Å²) >= 11 is 0.